The molecule has 0 aliphatic heterocycles. The smallest absolute Gasteiger partial charge is 0.358 e. The predicted octanol–water partition coefficient (Wildman–Crippen LogP) is 0.858. The highest BCUT2D eigenvalue weighted by Crippen LogP contribution is 2.27. The molecule has 0 unspecified atom stereocenters. The van der Waals surface area contributed by atoms with Gasteiger partial charge in [0.25, 0.3) is 0 Å². The zero-order valence-corrected chi connectivity index (χ0v) is 10.8. The van der Waals surface area contributed by atoms with E-state index in [1.165, 1.54) is 26.2 Å². The Morgan fingerprint density at radius 1 is 1.20 bits per heavy atom. The Labute approximate surface area is 113 Å². The molecular weight excluding hydrogens is 264 g/mol. The van der Waals surface area contributed by atoms with E-state index in [0.717, 1.165) is 4.68 Å². The van der Waals surface area contributed by atoms with Crippen molar-refractivity contribution in [2.75, 3.05) is 0 Å². The second-order valence-electron chi connectivity index (χ2n) is 4.60. The monoisotopic (exact) mass is 276 g/mol. The molecule has 2 aromatic heterocycles. The van der Waals surface area contributed by atoms with Crippen LogP contribution in [0.25, 0.3) is 11.3 Å². The van der Waals surface area contributed by atoms with Crippen molar-refractivity contribution >= 4 is 11.9 Å². The predicted molar refractivity (Wildman–Crippen MR) is 67.2 cm³/mol. The van der Waals surface area contributed by atoms with Crippen molar-refractivity contribution in [3.63, 3.8) is 0 Å². The highest BCUT2D eigenvalue weighted by molar-refractivity contribution is 5.93. The molecule has 2 rings (SSSR count). The third-order valence-electron chi connectivity index (χ3n) is 2.88. The highest BCUT2D eigenvalue weighted by Gasteiger charge is 2.35. The van der Waals surface area contributed by atoms with E-state index in [-0.39, 0.29) is 11.4 Å². The first-order valence-electron chi connectivity index (χ1n) is 5.69. The van der Waals surface area contributed by atoms with Crippen molar-refractivity contribution in [2.45, 2.75) is 19.4 Å². The van der Waals surface area contributed by atoms with Crippen molar-refractivity contribution < 1.29 is 19.8 Å². The van der Waals surface area contributed by atoms with Gasteiger partial charge in [0.2, 0.25) is 0 Å². The highest BCUT2D eigenvalue weighted by atomic mass is 16.4. The van der Waals surface area contributed by atoms with Crippen LogP contribution in [0.4, 0.5) is 0 Å². The number of carbonyl (C=O) groups is 2. The lowest BCUT2D eigenvalue weighted by molar-refractivity contribution is -0.146. The first-order valence-corrected chi connectivity index (χ1v) is 5.69. The quantitative estimate of drug-likeness (QED) is 0.849. The minimum atomic E-state index is -1.43. The molecule has 2 N–H and O–H groups in total. The normalized spacial score (nSPS) is 11.3. The number of pyridine rings is 1. The zero-order valence-electron chi connectivity index (χ0n) is 10.8. The Hall–Kier alpha value is -2.77. The van der Waals surface area contributed by atoms with Crippen molar-refractivity contribution in [3.05, 3.63) is 30.2 Å². The molecule has 0 aliphatic rings. The van der Waals surface area contributed by atoms with Crippen LogP contribution in [0.5, 0.6) is 0 Å². The van der Waals surface area contributed by atoms with E-state index in [1.54, 1.807) is 12.1 Å². The Bertz CT molecular complexity index is 663. The van der Waals surface area contributed by atoms with E-state index in [1.807, 2.05) is 0 Å². The molecule has 0 amide bonds. The van der Waals surface area contributed by atoms with Crippen LogP contribution < -0.4 is 0 Å². The molecule has 0 bridgehead atoms. The summed E-state index contributed by atoms with van der Waals surface area (Å²) in [6.07, 6.45) is 2.96. The lowest BCUT2D eigenvalue weighted by atomic mass is 10.0. The Balaban J connectivity index is 2.73. The fourth-order valence-electron chi connectivity index (χ4n) is 1.68. The summed E-state index contributed by atoms with van der Waals surface area (Å²) in [5, 5.41) is 25.7. The molecule has 0 saturated heterocycles. The molecule has 20 heavy (non-hydrogen) atoms. The molecule has 0 saturated carbocycles. The molecule has 8 heteroatoms. The molecule has 0 aliphatic carbocycles. The second kappa shape index (κ2) is 4.72. The second-order valence-corrected chi connectivity index (χ2v) is 4.60. The number of aromatic carboxylic acids is 1. The van der Waals surface area contributed by atoms with Crippen LogP contribution >= 0.6 is 0 Å². The zero-order chi connectivity index (χ0) is 14.9. The van der Waals surface area contributed by atoms with Gasteiger partial charge in [-0.1, -0.05) is 5.21 Å². The fourth-order valence-corrected chi connectivity index (χ4v) is 1.68. The SMILES string of the molecule is CC(C)(C(=O)O)n1nnc(C(=O)O)c1-c1ccncc1. The van der Waals surface area contributed by atoms with Crippen LogP contribution in [0, 0.1) is 0 Å². The largest absolute Gasteiger partial charge is 0.479 e. The summed E-state index contributed by atoms with van der Waals surface area (Å²) in [7, 11) is 0. The summed E-state index contributed by atoms with van der Waals surface area (Å²) in [5.41, 5.74) is -1.12. The molecule has 8 nitrogen and oxygen atoms in total. The fraction of sp³-hybridized carbons (Fsp3) is 0.250. The van der Waals surface area contributed by atoms with Gasteiger partial charge in [-0.15, -0.1) is 5.10 Å². The molecule has 0 aromatic carbocycles. The molecule has 0 fully saturated rings. The van der Waals surface area contributed by atoms with Gasteiger partial charge in [0.15, 0.2) is 11.2 Å². The van der Waals surface area contributed by atoms with E-state index >= 15 is 0 Å². The lowest BCUT2D eigenvalue weighted by Gasteiger charge is -2.21. The summed E-state index contributed by atoms with van der Waals surface area (Å²) < 4.78 is 1.09. The van der Waals surface area contributed by atoms with Gasteiger partial charge in [0.1, 0.15) is 5.69 Å². The molecule has 2 heterocycles. The van der Waals surface area contributed by atoms with Crippen molar-refractivity contribution in [3.8, 4) is 11.3 Å². The molecule has 0 radical (unpaired) electrons. The minimum Gasteiger partial charge on any atom is -0.479 e. The summed E-state index contributed by atoms with van der Waals surface area (Å²) in [4.78, 5) is 26.4. The number of hydrogen-bond acceptors (Lipinski definition) is 5. The summed E-state index contributed by atoms with van der Waals surface area (Å²) in [6.45, 7) is 2.83. The standard InChI is InChI=1S/C12H12N4O4/c1-12(2,11(19)20)16-9(7-3-5-13-6-4-7)8(10(17)18)14-15-16/h3-6H,1-2H3,(H,17,18)(H,19,20). The summed E-state index contributed by atoms with van der Waals surface area (Å²) >= 11 is 0. The molecule has 0 spiro atoms. The van der Waals surface area contributed by atoms with Gasteiger partial charge in [-0.05, 0) is 26.0 Å². The Kier molecular flexibility index (Phi) is 3.23. The van der Waals surface area contributed by atoms with E-state index in [9.17, 15) is 14.7 Å². The van der Waals surface area contributed by atoms with E-state index < -0.39 is 17.5 Å². The third kappa shape index (κ3) is 2.11. The number of aliphatic carboxylic acids is 1. The van der Waals surface area contributed by atoms with Crippen LogP contribution in [-0.4, -0.2) is 42.1 Å². The van der Waals surface area contributed by atoms with Crippen molar-refractivity contribution in [1.29, 1.82) is 0 Å². The van der Waals surface area contributed by atoms with Crippen molar-refractivity contribution in [2.24, 2.45) is 0 Å². The number of rotatable bonds is 4. The molecule has 0 atom stereocenters. The number of aromatic nitrogens is 4. The lowest BCUT2D eigenvalue weighted by Crippen LogP contribution is -2.37. The van der Waals surface area contributed by atoms with Crippen LogP contribution in [-0.2, 0) is 10.3 Å². The van der Waals surface area contributed by atoms with E-state index in [4.69, 9.17) is 5.11 Å². The van der Waals surface area contributed by atoms with Gasteiger partial charge < -0.3 is 10.2 Å². The van der Waals surface area contributed by atoms with Crippen LogP contribution in [0.1, 0.15) is 24.3 Å². The van der Waals surface area contributed by atoms with Crippen molar-refractivity contribution in [1.82, 2.24) is 20.0 Å². The average molecular weight is 276 g/mol. The van der Waals surface area contributed by atoms with Gasteiger partial charge in [-0.3, -0.25) is 4.98 Å². The maximum absolute atomic E-state index is 11.3. The minimum absolute atomic E-state index is 0.132. The molecule has 2 aromatic rings. The van der Waals surface area contributed by atoms with Gasteiger partial charge in [-0.2, -0.15) is 0 Å². The molecule has 104 valence electrons. The van der Waals surface area contributed by atoms with Gasteiger partial charge in [0, 0.05) is 18.0 Å². The number of carboxylic acid groups (broad SMARTS) is 2. The maximum atomic E-state index is 11.3. The summed E-state index contributed by atoms with van der Waals surface area (Å²) in [5.74, 6) is -2.42. The average Bonchev–Trinajstić information content (AvgIpc) is 2.85. The Morgan fingerprint density at radius 3 is 2.30 bits per heavy atom. The number of nitrogens with zero attached hydrogens (tertiary/aromatic N) is 4. The number of carboxylic acids is 2. The van der Waals surface area contributed by atoms with E-state index in [2.05, 4.69) is 15.3 Å². The first-order chi connectivity index (χ1) is 9.35. The van der Waals surface area contributed by atoms with Crippen LogP contribution in [0.2, 0.25) is 0 Å². The maximum Gasteiger partial charge on any atom is 0.358 e. The summed E-state index contributed by atoms with van der Waals surface area (Å²) in [6, 6.07) is 3.14. The topological polar surface area (TPSA) is 118 Å². The van der Waals surface area contributed by atoms with Gasteiger partial charge in [0.05, 0.1) is 0 Å². The third-order valence-corrected chi connectivity index (χ3v) is 2.88. The number of hydrogen-bond donors (Lipinski definition) is 2. The van der Waals surface area contributed by atoms with Crippen LogP contribution in [0.3, 0.4) is 0 Å². The van der Waals surface area contributed by atoms with E-state index in [0.29, 0.717) is 5.56 Å². The molecular formula is C12H12N4O4. The first kappa shape index (κ1) is 13.7. The van der Waals surface area contributed by atoms with Gasteiger partial charge in [-0.25, -0.2) is 14.3 Å². The van der Waals surface area contributed by atoms with Crippen LogP contribution in [0.15, 0.2) is 24.5 Å². The van der Waals surface area contributed by atoms with Gasteiger partial charge >= 0.3 is 11.9 Å². The Morgan fingerprint density at radius 2 is 1.80 bits per heavy atom.